The van der Waals surface area contributed by atoms with Crippen LogP contribution in [0.2, 0.25) is 0 Å². The van der Waals surface area contributed by atoms with Crippen LogP contribution in [-0.4, -0.2) is 12.5 Å². The van der Waals surface area contributed by atoms with Gasteiger partial charge in [-0.25, -0.2) is 0 Å². The molecule has 1 aromatic carbocycles. The first-order chi connectivity index (χ1) is 7.22. The molecule has 0 saturated heterocycles. The van der Waals surface area contributed by atoms with Gasteiger partial charge in [-0.1, -0.05) is 12.1 Å². The van der Waals surface area contributed by atoms with Gasteiger partial charge in [-0.2, -0.15) is 0 Å². The Kier molecular flexibility index (Phi) is 4.24. The summed E-state index contributed by atoms with van der Waals surface area (Å²) in [5.41, 5.74) is 7.18. The summed E-state index contributed by atoms with van der Waals surface area (Å²) < 4.78 is 0. The van der Waals surface area contributed by atoms with E-state index in [0.29, 0.717) is 25.1 Å². The molecule has 0 heterocycles. The molecule has 0 unspecified atom stereocenters. The highest BCUT2D eigenvalue weighted by Crippen LogP contribution is 2.06. The summed E-state index contributed by atoms with van der Waals surface area (Å²) in [4.78, 5) is 11.4. The van der Waals surface area contributed by atoms with Crippen LogP contribution in [0.25, 0.3) is 0 Å². The first-order valence-electron chi connectivity index (χ1n) is 4.77. The van der Waals surface area contributed by atoms with E-state index in [2.05, 4.69) is 11.2 Å². The second kappa shape index (κ2) is 5.71. The molecule has 0 atom stereocenters. The number of carbonyl (C=O) groups is 1. The third-order valence-electron chi connectivity index (χ3n) is 1.91. The maximum atomic E-state index is 11.4. The zero-order valence-corrected chi connectivity index (χ0v) is 8.49. The van der Waals surface area contributed by atoms with E-state index < -0.39 is 0 Å². The van der Waals surface area contributed by atoms with Crippen LogP contribution in [0.1, 0.15) is 12.0 Å². The molecule has 0 bridgehead atoms. The summed E-state index contributed by atoms with van der Waals surface area (Å²) >= 11 is 0. The number of anilines is 1. The Morgan fingerprint density at radius 1 is 1.53 bits per heavy atom. The molecule has 1 rings (SSSR count). The molecule has 0 aliphatic rings. The zero-order valence-electron chi connectivity index (χ0n) is 8.49. The normalized spacial score (nSPS) is 9.27. The number of benzene rings is 1. The minimum Gasteiger partial charge on any atom is -0.399 e. The summed E-state index contributed by atoms with van der Waals surface area (Å²) in [6, 6.07) is 7.29. The average Bonchev–Trinajstić information content (AvgIpc) is 2.18. The standard InChI is InChI=1S/C12H14N2O/c1-2-3-7-14-12(15)9-10-5-4-6-11(13)8-10/h1,4-6,8H,3,7,9,13H2,(H,14,15). The van der Waals surface area contributed by atoms with Crippen molar-refractivity contribution in [1.82, 2.24) is 5.32 Å². The Bertz CT molecular complexity index is 379. The van der Waals surface area contributed by atoms with Crippen molar-refractivity contribution in [2.45, 2.75) is 12.8 Å². The monoisotopic (exact) mass is 202 g/mol. The Hall–Kier alpha value is -1.95. The zero-order chi connectivity index (χ0) is 11.1. The lowest BCUT2D eigenvalue weighted by molar-refractivity contribution is -0.120. The number of terminal acetylenes is 1. The van der Waals surface area contributed by atoms with E-state index >= 15 is 0 Å². The number of amides is 1. The molecule has 78 valence electrons. The number of carbonyl (C=O) groups excluding carboxylic acids is 1. The first kappa shape index (κ1) is 11.1. The van der Waals surface area contributed by atoms with Crippen molar-refractivity contribution in [1.29, 1.82) is 0 Å². The number of nitrogens with one attached hydrogen (secondary N) is 1. The molecule has 0 radical (unpaired) electrons. The largest absolute Gasteiger partial charge is 0.399 e. The second-order valence-electron chi connectivity index (χ2n) is 3.23. The minimum atomic E-state index is -0.0316. The van der Waals surface area contributed by atoms with E-state index in [4.69, 9.17) is 12.2 Å². The Balaban J connectivity index is 2.42. The van der Waals surface area contributed by atoms with Crippen LogP contribution in [0.4, 0.5) is 5.69 Å². The van der Waals surface area contributed by atoms with Gasteiger partial charge < -0.3 is 11.1 Å². The maximum Gasteiger partial charge on any atom is 0.224 e. The van der Waals surface area contributed by atoms with E-state index in [1.165, 1.54) is 0 Å². The van der Waals surface area contributed by atoms with Gasteiger partial charge in [0.25, 0.3) is 0 Å². The molecule has 3 nitrogen and oxygen atoms in total. The minimum absolute atomic E-state index is 0.0316. The number of nitrogens with two attached hydrogens (primary N) is 1. The number of nitrogen functional groups attached to an aromatic ring is 1. The summed E-state index contributed by atoms with van der Waals surface area (Å²) in [6.07, 6.45) is 5.97. The Morgan fingerprint density at radius 2 is 2.33 bits per heavy atom. The van der Waals surface area contributed by atoms with Gasteiger partial charge in [0.2, 0.25) is 5.91 Å². The fraction of sp³-hybridized carbons (Fsp3) is 0.250. The van der Waals surface area contributed by atoms with Crippen LogP contribution >= 0.6 is 0 Å². The van der Waals surface area contributed by atoms with Crippen molar-refractivity contribution >= 4 is 11.6 Å². The summed E-state index contributed by atoms with van der Waals surface area (Å²) in [5.74, 6) is 2.43. The number of hydrogen-bond donors (Lipinski definition) is 2. The predicted octanol–water partition coefficient (Wildman–Crippen LogP) is 0.951. The molecule has 0 fully saturated rings. The maximum absolute atomic E-state index is 11.4. The molecule has 15 heavy (non-hydrogen) atoms. The van der Waals surface area contributed by atoms with Crippen molar-refractivity contribution in [2.24, 2.45) is 0 Å². The third kappa shape index (κ3) is 4.19. The number of rotatable bonds is 4. The highest BCUT2D eigenvalue weighted by Gasteiger charge is 2.01. The molecule has 3 heteroatoms. The van der Waals surface area contributed by atoms with Crippen molar-refractivity contribution in [3.63, 3.8) is 0 Å². The van der Waals surface area contributed by atoms with Gasteiger partial charge in [0.15, 0.2) is 0 Å². The van der Waals surface area contributed by atoms with Crippen LogP contribution in [0.15, 0.2) is 24.3 Å². The number of hydrogen-bond acceptors (Lipinski definition) is 2. The van der Waals surface area contributed by atoms with Gasteiger partial charge in [-0.3, -0.25) is 4.79 Å². The molecule has 3 N–H and O–H groups in total. The fourth-order valence-corrected chi connectivity index (χ4v) is 1.23. The summed E-state index contributed by atoms with van der Waals surface area (Å²) in [6.45, 7) is 0.525. The lowest BCUT2D eigenvalue weighted by atomic mass is 10.1. The lowest BCUT2D eigenvalue weighted by Crippen LogP contribution is -2.25. The Labute approximate surface area is 89.7 Å². The molecule has 0 spiro atoms. The van der Waals surface area contributed by atoms with Crippen molar-refractivity contribution < 1.29 is 4.79 Å². The molecule has 0 aromatic heterocycles. The van der Waals surface area contributed by atoms with Gasteiger partial charge in [0.1, 0.15) is 0 Å². The molecular weight excluding hydrogens is 188 g/mol. The molecular formula is C12H14N2O. The quantitative estimate of drug-likeness (QED) is 0.434. The summed E-state index contributed by atoms with van der Waals surface area (Å²) in [7, 11) is 0. The van der Waals surface area contributed by atoms with Crippen LogP contribution in [0.5, 0.6) is 0 Å². The Morgan fingerprint density at radius 3 is 3.00 bits per heavy atom. The van der Waals surface area contributed by atoms with Crippen LogP contribution in [0, 0.1) is 12.3 Å². The van der Waals surface area contributed by atoms with E-state index in [0.717, 1.165) is 5.56 Å². The molecule has 1 amide bonds. The highest BCUT2D eigenvalue weighted by atomic mass is 16.1. The van der Waals surface area contributed by atoms with Gasteiger partial charge >= 0.3 is 0 Å². The molecule has 0 saturated carbocycles. The molecule has 0 aliphatic heterocycles. The van der Waals surface area contributed by atoms with Crippen molar-refractivity contribution in [3.8, 4) is 12.3 Å². The third-order valence-corrected chi connectivity index (χ3v) is 1.91. The summed E-state index contributed by atoms with van der Waals surface area (Å²) in [5, 5.41) is 2.73. The van der Waals surface area contributed by atoms with Crippen molar-refractivity contribution in [3.05, 3.63) is 29.8 Å². The van der Waals surface area contributed by atoms with Gasteiger partial charge in [0.05, 0.1) is 6.42 Å². The first-order valence-corrected chi connectivity index (χ1v) is 4.77. The molecule has 1 aromatic rings. The van der Waals surface area contributed by atoms with Gasteiger partial charge in [-0.05, 0) is 17.7 Å². The van der Waals surface area contributed by atoms with Gasteiger partial charge in [0, 0.05) is 18.7 Å². The van der Waals surface area contributed by atoms with E-state index in [1.54, 1.807) is 12.1 Å². The lowest BCUT2D eigenvalue weighted by Gasteiger charge is -2.03. The highest BCUT2D eigenvalue weighted by molar-refractivity contribution is 5.78. The topological polar surface area (TPSA) is 55.1 Å². The SMILES string of the molecule is C#CCCNC(=O)Cc1cccc(N)c1. The van der Waals surface area contributed by atoms with Crippen LogP contribution in [0.3, 0.4) is 0 Å². The van der Waals surface area contributed by atoms with E-state index in [9.17, 15) is 4.79 Å². The van der Waals surface area contributed by atoms with Crippen LogP contribution in [-0.2, 0) is 11.2 Å². The predicted molar refractivity (Wildman–Crippen MR) is 61.0 cm³/mol. The fourth-order valence-electron chi connectivity index (χ4n) is 1.23. The van der Waals surface area contributed by atoms with E-state index in [1.807, 2.05) is 12.1 Å². The van der Waals surface area contributed by atoms with Gasteiger partial charge in [-0.15, -0.1) is 12.3 Å². The second-order valence-corrected chi connectivity index (χ2v) is 3.23. The molecule has 0 aliphatic carbocycles. The van der Waals surface area contributed by atoms with Crippen LogP contribution < -0.4 is 11.1 Å². The average molecular weight is 202 g/mol. The van der Waals surface area contributed by atoms with Crippen molar-refractivity contribution in [2.75, 3.05) is 12.3 Å². The van der Waals surface area contributed by atoms with E-state index in [-0.39, 0.29) is 5.91 Å². The smallest absolute Gasteiger partial charge is 0.224 e.